The minimum absolute atomic E-state index is 0.249. The van der Waals surface area contributed by atoms with E-state index in [2.05, 4.69) is 4.90 Å². The summed E-state index contributed by atoms with van der Waals surface area (Å²) in [6, 6.07) is 19.5. The Kier molecular flexibility index (Phi) is 8.32. The number of aliphatic hydroxyl groups is 1. The number of rotatable bonds is 12. The van der Waals surface area contributed by atoms with Crippen molar-refractivity contribution in [2.75, 3.05) is 27.4 Å². The van der Waals surface area contributed by atoms with Gasteiger partial charge in [-0.3, -0.25) is 4.90 Å². The van der Waals surface area contributed by atoms with Crippen LogP contribution in [-0.2, 0) is 24.4 Å². The number of aliphatic hydroxyl groups excluding tert-OH is 1. The van der Waals surface area contributed by atoms with Crippen molar-refractivity contribution in [1.29, 1.82) is 0 Å². The van der Waals surface area contributed by atoms with Crippen LogP contribution in [0.25, 0.3) is 0 Å². The molecule has 1 N–H and O–H groups in total. The van der Waals surface area contributed by atoms with Gasteiger partial charge in [0.2, 0.25) is 0 Å². The van der Waals surface area contributed by atoms with Crippen molar-refractivity contribution in [2.45, 2.75) is 25.8 Å². The molecule has 0 amide bonds. The molecule has 0 saturated carbocycles. The van der Waals surface area contributed by atoms with Crippen molar-refractivity contribution in [3.05, 3.63) is 83.8 Å². The fourth-order valence-corrected chi connectivity index (χ4v) is 3.36. The molecule has 6 heteroatoms. The summed E-state index contributed by atoms with van der Waals surface area (Å²) in [6.07, 6.45) is 1.01. The van der Waals surface area contributed by atoms with Crippen LogP contribution < -0.4 is 9.47 Å². The van der Waals surface area contributed by atoms with Crippen molar-refractivity contribution < 1.29 is 23.7 Å². The fraction of sp³-hybridized carbons (Fsp3) is 0.333. The lowest BCUT2D eigenvalue weighted by atomic mass is 10.1. The van der Waals surface area contributed by atoms with E-state index in [1.54, 1.807) is 20.5 Å². The van der Waals surface area contributed by atoms with Crippen LogP contribution >= 0.6 is 0 Å². The van der Waals surface area contributed by atoms with Gasteiger partial charge in [0, 0.05) is 18.7 Å². The van der Waals surface area contributed by atoms with Crippen molar-refractivity contribution in [3.8, 4) is 11.5 Å². The summed E-state index contributed by atoms with van der Waals surface area (Å²) in [5.41, 5.74) is 2.05. The fourth-order valence-electron chi connectivity index (χ4n) is 3.36. The molecule has 0 bridgehead atoms. The topological polar surface area (TPSA) is 64.3 Å². The van der Waals surface area contributed by atoms with E-state index in [0.717, 1.165) is 16.9 Å². The summed E-state index contributed by atoms with van der Waals surface area (Å²) in [7, 11) is 3.25. The van der Waals surface area contributed by atoms with E-state index >= 15 is 0 Å². The predicted octanol–water partition coefficient (Wildman–Crippen LogP) is 3.88. The van der Waals surface area contributed by atoms with Crippen LogP contribution in [0.4, 0.5) is 0 Å². The molecule has 1 heterocycles. The highest BCUT2D eigenvalue weighted by Gasteiger charge is 2.18. The van der Waals surface area contributed by atoms with E-state index in [4.69, 9.17) is 18.6 Å². The van der Waals surface area contributed by atoms with E-state index in [1.165, 1.54) is 0 Å². The molecule has 6 nitrogen and oxygen atoms in total. The number of para-hydroxylation sites is 1. The molecule has 30 heavy (non-hydrogen) atoms. The molecule has 1 aromatic heterocycles. The second-order valence-electron chi connectivity index (χ2n) is 7.06. The second-order valence-corrected chi connectivity index (χ2v) is 7.06. The van der Waals surface area contributed by atoms with Gasteiger partial charge in [-0.2, -0.15) is 0 Å². The maximum Gasteiger partial charge on any atom is 0.165 e. The number of nitrogens with zero attached hydrogens (tertiary/aromatic N) is 1. The summed E-state index contributed by atoms with van der Waals surface area (Å²) >= 11 is 0. The van der Waals surface area contributed by atoms with Crippen LogP contribution in [0.3, 0.4) is 0 Å². The van der Waals surface area contributed by atoms with Gasteiger partial charge in [0.1, 0.15) is 5.76 Å². The highest BCUT2D eigenvalue weighted by Crippen LogP contribution is 2.31. The number of hydrogen-bond donors (Lipinski definition) is 1. The zero-order valence-electron chi connectivity index (χ0n) is 17.5. The number of hydrogen-bond acceptors (Lipinski definition) is 6. The largest absolute Gasteiger partial charge is 0.493 e. The quantitative estimate of drug-likeness (QED) is 0.488. The number of furan rings is 1. The van der Waals surface area contributed by atoms with E-state index in [1.807, 2.05) is 60.7 Å². The van der Waals surface area contributed by atoms with E-state index in [9.17, 15) is 5.11 Å². The second kappa shape index (κ2) is 11.4. The first-order chi connectivity index (χ1) is 14.7. The average molecular weight is 411 g/mol. The molecule has 2 aromatic carbocycles. The Morgan fingerprint density at radius 3 is 2.47 bits per heavy atom. The van der Waals surface area contributed by atoms with Crippen molar-refractivity contribution in [3.63, 3.8) is 0 Å². The minimum Gasteiger partial charge on any atom is -0.493 e. The summed E-state index contributed by atoms with van der Waals surface area (Å²) < 4.78 is 22.2. The lowest BCUT2D eigenvalue weighted by molar-refractivity contribution is 0.00602. The standard InChI is InChI=1S/C24H29NO5/c1-27-23-12-6-10-20(24(23)28-2)14-25(16-22-11-7-13-30-22)15-21(26)18-29-17-19-8-4-3-5-9-19/h3-13,21,26H,14-18H2,1-2H3/t21-/m0/s1. The Hall–Kier alpha value is -2.80. The predicted molar refractivity (Wildman–Crippen MR) is 114 cm³/mol. The molecule has 0 aliphatic rings. The maximum absolute atomic E-state index is 10.6. The van der Waals surface area contributed by atoms with Crippen LogP contribution in [0.2, 0.25) is 0 Å². The Morgan fingerprint density at radius 2 is 1.77 bits per heavy atom. The summed E-state index contributed by atoms with van der Waals surface area (Å²) in [5, 5.41) is 10.6. The van der Waals surface area contributed by atoms with Crippen LogP contribution in [0.5, 0.6) is 11.5 Å². The molecule has 3 aromatic rings. The molecule has 0 spiro atoms. The maximum atomic E-state index is 10.6. The molecule has 0 radical (unpaired) electrons. The van der Waals surface area contributed by atoms with Gasteiger partial charge in [-0.1, -0.05) is 42.5 Å². The lowest BCUT2D eigenvalue weighted by Crippen LogP contribution is -2.34. The highest BCUT2D eigenvalue weighted by atomic mass is 16.5. The smallest absolute Gasteiger partial charge is 0.165 e. The monoisotopic (exact) mass is 411 g/mol. The normalized spacial score (nSPS) is 12.1. The van der Waals surface area contributed by atoms with Crippen LogP contribution in [0, 0.1) is 0 Å². The Labute approximate surface area is 177 Å². The van der Waals surface area contributed by atoms with E-state index < -0.39 is 6.10 Å². The van der Waals surface area contributed by atoms with Crippen molar-refractivity contribution in [1.82, 2.24) is 4.90 Å². The van der Waals surface area contributed by atoms with E-state index in [0.29, 0.717) is 37.7 Å². The zero-order valence-corrected chi connectivity index (χ0v) is 17.5. The van der Waals surface area contributed by atoms with Gasteiger partial charge in [-0.05, 0) is 23.8 Å². The first kappa shape index (κ1) is 21.9. The Balaban J connectivity index is 1.63. The molecule has 0 aliphatic carbocycles. The SMILES string of the molecule is COc1cccc(CN(Cc2ccco2)C[C@H](O)COCc2ccccc2)c1OC. The van der Waals surface area contributed by atoms with Gasteiger partial charge in [-0.15, -0.1) is 0 Å². The van der Waals surface area contributed by atoms with Crippen LogP contribution in [0.1, 0.15) is 16.9 Å². The van der Waals surface area contributed by atoms with Gasteiger partial charge in [0.15, 0.2) is 11.5 Å². The van der Waals surface area contributed by atoms with Gasteiger partial charge >= 0.3 is 0 Å². The molecular formula is C24H29NO5. The molecule has 0 fully saturated rings. The summed E-state index contributed by atoms with van der Waals surface area (Å²) in [4.78, 5) is 2.10. The van der Waals surface area contributed by atoms with Crippen molar-refractivity contribution in [2.24, 2.45) is 0 Å². The van der Waals surface area contributed by atoms with Crippen molar-refractivity contribution >= 4 is 0 Å². The first-order valence-corrected chi connectivity index (χ1v) is 9.94. The summed E-state index contributed by atoms with van der Waals surface area (Å²) in [6.45, 7) is 2.27. The highest BCUT2D eigenvalue weighted by molar-refractivity contribution is 5.46. The summed E-state index contributed by atoms with van der Waals surface area (Å²) in [5.74, 6) is 2.20. The average Bonchev–Trinajstić information content (AvgIpc) is 3.27. The Bertz CT molecular complexity index is 867. The van der Waals surface area contributed by atoms with Crippen LogP contribution in [0.15, 0.2) is 71.3 Å². The minimum atomic E-state index is -0.639. The third kappa shape index (κ3) is 6.35. The zero-order chi connectivity index (χ0) is 21.2. The van der Waals surface area contributed by atoms with Gasteiger partial charge in [-0.25, -0.2) is 0 Å². The molecule has 0 aliphatic heterocycles. The number of benzene rings is 2. The third-order valence-corrected chi connectivity index (χ3v) is 4.73. The van der Waals surface area contributed by atoms with Gasteiger partial charge < -0.3 is 23.7 Å². The third-order valence-electron chi connectivity index (χ3n) is 4.73. The van der Waals surface area contributed by atoms with Crippen LogP contribution in [-0.4, -0.2) is 43.5 Å². The molecule has 160 valence electrons. The molecule has 0 unspecified atom stereocenters. The van der Waals surface area contributed by atoms with E-state index in [-0.39, 0.29) is 6.61 Å². The first-order valence-electron chi connectivity index (χ1n) is 9.94. The molecule has 0 saturated heterocycles. The Morgan fingerprint density at radius 1 is 0.933 bits per heavy atom. The number of ether oxygens (including phenoxy) is 3. The van der Waals surface area contributed by atoms with Gasteiger partial charge in [0.05, 0.1) is 46.3 Å². The molecular weight excluding hydrogens is 382 g/mol. The van der Waals surface area contributed by atoms with Gasteiger partial charge in [0.25, 0.3) is 0 Å². The number of methoxy groups -OCH3 is 2. The molecule has 3 rings (SSSR count). The lowest BCUT2D eigenvalue weighted by Gasteiger charge is -2.25. The molecule has 1 atom stereocenters.